The Labute approximate surface area is 204 Å². The zero-order valence-corrected chi connectivity index (χ0v) is 20.5. The van der Waals surface area contributed by atoms with E-state index in [9.17, 15) is 18.7 Å². The summed E-state index contributed by atoms with van der Waals surface area (Å²) in [6.07, 6.45) is 1.44. The maximum Gasteiger partial charge on any atom is 0.329 e. The van der Waals surface area contributed by atoms with E-state index < -0.39 is 17.9 Å². The number of carboxylic acid groups (broad SMARTS) is 1. The monoisotopic (exact) mass is 492 g/mol. The van der Waals surface area contributed by atoms with Crippen LogP contribution in [-0.2, 0) is 20.9 Å². The third-order valence-electron chi connectivity index (χ3n) is 6.10. The molecule has 1 fully saturated rings. The first-order chi connectivity index (χ1) is 16.8. The molecule has 0 bridgehead atoms. The van der Waals surface area contributed by atoms with Crippen molar-refractivity contribution in [3.05, 3.63) is 41.7 Å². The van der Waals surface area contributed by atoms with Crippen molar-refractivity contribution in [3.8, 4) is 16.9 Å². The van der Waals surface area contributed by atoms with Crippen LogP contribution in [0.25, 0.3) is 11.1 Å². The van der Waals surface area contributed by atoms with E-state index in [0.29, 0.717) is 55.4 Å². The van der Waals surface area contributed by atoms with Gasteiger partial charge in [0.05, 0.1) is 25.0 Å². The minimum Gasteiger partial charge on any atom is -0.492 e. The second-order valence-corrected chi connectivity index (χ2v) is 9.06. The highest BCUT2D eigenvalue weighted by Crippen LogP contribution is 2.40. The average Bonchev–Trinajstić information content (AvgIpc) is 2.82. The Morgan fingerprint density at radius 2 is 1.97 bits per heavy atom. The molecule has 192 valence electrons. The van der Waals surface area contributed by atoms with Crippen LogP contribution in [0, 0.1) is 5.92 Å². The van der Waals surface area contributed by atoms with Crippen LogP contribution in [0.1, 0.15) is 57.6 Å². The van der Waals surface area contributed by atoms with Gasteiger partial charge in [0.2, 0.25) is 0 Å². The summed E-state index contributed by atoms with van der Waals surface area (Å²) in [6, 6.07) is 5.18. The molecule has 1 saturated heterocycles. The van der Waals surface area contributed by atoms with Crippen molar-refractivity contribution in [3.63, 3.8) is 0 Å². The van der Waals surface area contributed by atoms with Crippen LogP contribution in [0.5, 0.6) is 5.75 Å². The SMILES string of the molecule is CCOc1cncc(-c2ccc(NC3(C(=O)O)CCOCC3)cc2COCCC(C)C)c1C(F)F. The summed E-state index contributed by atoms with van der Waals surface area (Å²) < 4.78 is 44.9. The summed E-state index contributed by atoms with van der Waals surface area (Å²) >= 11 is 0. The summed E-state index contributed by atoms with van der Waals surface area (Å²) in [5.41, 5.74) is 0.661. The van der Waals surface area contributed by atoms with Gasteiger partial charge in [0.1, 0.15) is 11.3 Å². The first-order valence-electron chi connectivity index (χ1n) is 12.0. The normalized spacial score (nSPS) is 15.4. The Morgan fingerprint density at radius 1 is 1.23 bits per heavy atom. The topological polar surface area (TPSA) is 89.9 Å². The van der Waals surface area contributed by atoms with Crippen molar-refractivity contribution in [1.82, 2.24) is 4.98 Å². The van der Waals surface area contributed by atoms with E-state index in [1.165, 1.54) is 12.4 Å². The van der Waals surface area contributed by atoms with Crippen molar-refractivity contribution >= 4 is 11.7 Å². The molecule has 2 heterocycles. The Bertz CT molecular complexity index is 994. The molecule has 0 amide bonds. The fraction of sp³-hybridized carbons (Fsp3) is 0.538. The minimum atomic E-state index is -2.76. The van der Waals surface area contributed by atoms with Crippen LogP contribution >= 0.6 is 0 Å². The number of alkyl halides is 2. The van der Waals surface area contributed by atoms with Crippen LogP contribution in [0.15, 0.2) is 30.6 Å². The van der Waals surface area contributed by atoms with Gasteiger partial charge in [0, 0.05) is 50.1 Å². The lowest BCUT2D eigenvalue weighted by Gasteiger charge is -2.35. The Kier molecular flexibility index (Phi) is 9.40. The van der Waals surface area contributed by atoms with E-state index in [2.05, 4.69) is 24.1 Å². The summed E-state index contributed by atoms with van der Waals surface area (Å²) in [5.74, 6) is -0.446. The number of anilines is 1. The molecule has 0 saturated carbocycles. The van der Waals surface area contributed by atoms with Crippen LogP contribution in [0.2, 0.25) is 0 Å². The van der Waals surface area contributed by atoms with E-state index >= 15 is 0 Å². The number of rotatable bonds is 12. The molecular formula is C26H34F2N2O5. The van der Waals surface area contributed by atoms with Crippen molar-refractivity contribution in [1.29, 1.82) is 0 Å². The largest absolute Gasteiger partial charge is 0.492 e. The number of aliphatic carboxylic acids is 1. The molecule has 1 aliphatic rings. The zero-order valence-electron chi connectivity index (χ0n) is 20.5. The number of benzene rings is 1. The molecule has 0 aliphatic carbocycles. The number of nitrogens with zero attached hydrogens (tertiary/aromatic N) is 1. The molecule has 7 nitrogen and oxygen atoms in total. The van der Waals surface area contributed by atoms with Gasteiger partial charge in [0.15, 0.2) is 0 Å². The van der Waals surface area contributed by atoms with E-state index in [4.69, 9.17) is 14.2 Å². The van der Waals surface area contributed by atoms with Gasteiger partial charge in [-0.25, -0.2) is 13.6 Å². The summed E-state index contributed by atoms with van der Waals surface area (Å²) in [5, 5.41) is 13.1. The summed E-state index contributed by atoms with van der Waals surface area (Å²) in [7, 11) is 0. The molecule has 1 aliphatic heterocycles. The molecule has 1 aromatic carbocycles. The highest BCUT2D eigenvalue weighted by molar-refractivity contribution is 5.83. The molecule has 0 unspecified atom stereocenters. The number of hydrogen-bond donors (Lipinski definition) is 2. The number of hydrogen-bond acceptors (Lipinski definition) is 6. The third kappa shape index (κ3) is 6.67. The fourth-order valence-electron chi connectivity index (χ4n) is 4.10. The Morgan fingerprint density at radius 3 is 2.60 bits per heavy atom. The predicted molar refractivity (Wildman–Crippen MR) is 129 cm³/mol. The quantitative estimate of drug-likeness (QED) is 0.368. The molecule has 1 aromatic heterocycles. The standard InChI is InChI=1S/C26H34F2N2O5/c1-4-35-22-15-29-14-21(23(22)24(27)28)20-6-5-19(13-18(20)16-34-10-7-17(2)3)30-26(25(31)32)8-11-33-12-9-26/h5-6,13-15,17,24,30H,4,7-12,16H2,1-3H3,(H,31,32). The predicted octanol–water partition coefficient (Wildman–Crippen LogP) is 5.69. The summed E-state index contributed by atoms with van der Waals surface area (Å²) in [4.78, 5) is 16.2. The lowest BCUT2D eigenvalue weighted by atomic mass is 9.89. The lowest BCUT2D eigenvalue weighted by Crippen LogP contribution is -2.50. The highest BCUT2D eigenvalue weighted by atomic mass is 19.3. The van der Waals surface area contributed by atoms with E-state index in [1.54, 1.807) is 25.1 Å². The molecule has 2 aromatic rings. The van der Waals surface area contributed by atoms with E-state index in [1.807, 2.05) is 0 Å². The van der Waals surface area contributed by atoms with Crippen molar-refractivity contribution in [2.75, 3.05) is 31.7 Å². The number of carboxylic acids is 1. The average molecular weight is 493 g/mol. The van der Waals surface area contributed by atoms with Crippen LogP contribution < -0.4 is 10.1 Å². The molecule has 0 atom stereocenters. The molecule has 0 spiro atoms. The van der Waals surface area contributed by atoms with Gasteiger partial charge in [-0.15, -0.1) is 0 Å². The maximum atomic E-state index is 14.1. The van der Waals surface area contributed by atoms with Crippen molar-refractivity contribution in [2.45, 2.75) is 58.6 Å². The van der Waals surface area contributed by atoms with Gasteiger partial charge in [-0.1, -0.05) is 19.9 Å². The second-order valence-electron chi connectivity index (χ2n) is 9.06. The van der Waals surface area contributed by atoms with Crippen LogP contribution in [-0.4, -0.2) is 48.0 Å². The fourth-order valence-corrected chi connectivity index (χ4v) is 4.10. The molecule has 9 heteroatoms. The van der Waals surface area contributed by atoms with Gasteiger partial charge >= 0.3 is 5.97 Å². The van der Waals surface area contributed by atoms with Gasteiger partial charge in [-0.3, -0.25) is 4.98 Å². The van der Waals surface area contributed by atoms with Gasteiger partial charge < -0.3 is 24.6 Å². The molecular weight excluding hydrogens is 458 g/mol. The van der Waals surface area contributed by atoms with Gasteiger partial charge in [-0.2, -0.15) is 0 Å². The number of halogens is 2. The number of pyridine rings is 1. The van der Waals surface area contributed by atoms with Crippen LogP contribution in [0.4, 0.5) is 14.5 Å². The lowest BCUT2D eigenvalue weighted by molar-refractivity contribution is -0.145. The number of aromatic nitrogens is 1. The smallest absolute Gasteiger partial charge is 0.329 e. The summed E-state index contributed by atoms with van der Waals surface area (Å²) in [6.45, 7) is 7.54. The van der Waals surface area contributed by atoms with Gasteiger partial charge in [-0.05, 0) is 42.5 Å². The first kappa shape index (κ1) is 26.8. The highest BCUT2D eigenvalue weighted by Gasteiger charge is 2.40. The van der Waals surface area contributed by atoms with Crippen molar-refractivity contribution in [2.24, 2.45) is 5.92 Å². The second kappa shape index (κ2) is 12.3. The van der Waals surface area contributed by atoms with E-state index in [-0.39, 0.29) is 30.1 Å². The molecule has 3 rings (SSSR count). The number of nitrogens with one attached hydrogen (secondary N) is 1. The Balaban J connectivity index is 2.01. The molecule has 0 radical (unpaired) electrons. The van der Waals surface area contributed by atoms with Gasteiger partial charge in [0.25, 0.3) is 6.43 Å². The molecule has 2 N–H and O–H groups in total. The molecule has 35 heavy (non-hydrogen) atoms. The van der Waals surface area contributed by atoms with Crippen LogP contribution in [0.3, 0.4) is 0 Å². The number of carbonyl (C=O) groups is 1. The Hall–Kier alpha value is -2.78. The van der Waals surface area contributed by atoms with Crippen molar-refractivity contribution < 1.29 is 32.9 Å². The zero-order chi connectivity index (χ0) is 25.4. The van der Waals surface area contributed by atoms with E-state index in [0.717, 1.165) is 6.42 Å². The minimum absolute atomic E-state index is 0.0425. The number of ether oxygens (including phenoxy) is 3. The maximum absolute atomic E-state index is 14.1. The first-order valence-corrected chi connectivity index (χ1v) is 12.0. The third-order valence-corrected chi connectivity index (χ3v) is 6.10.